The number of hydrogen-bond donors (Lipinski definition) is 11. The highest BCUT2D eigenvalue weighted by atomic mass is 31.2. The van der Waals surface area contributed by atoms with E-state index in [-0.39, 0.29) is 66.3 Å². The fourth-order valence-corrected chi connectivity index (χ4v) is 12.3. The van der Waals surface area contributed by atoms with E-state index in [0.29, 0.717) is 152 Å². The Bertz CT molecular complexity index is 3320. The molecule has 34 nitrogen and oxygen atoms in total. The molecule has 1 unspecified atom stereocenters. The Morgan fingerprint density at radius 1 is 0.482 bits per heavy atom. The first kappa shape index (κ1) is 102. The normalized spacial score (nSPS) is 15.9. The molecule has 5 fully saturated rings. The summed E-state index contributed by atoms with van der Waals surface area (Å²) >= 11 is 0. The summed E-state index contributed by atoms with van der Waals surface area (Å²) in [7, 11) is 8.31. The number of methoxy groups -OCH3 is 2. The number of alkyl carbamates (subject to hydrolysis) is 2. The molecule has 112 heavy (non-hydrogen) atoms. The summed E-state index contributed by atoms with van der Waals surface area (Å²) in [5.74, 6) is -3.79. The molecule has 5 aliphatic rings. The van der Waals surface area contributed by atoms with E-state index < -0.39 is 87.7 Å². The number of carbonyl (C=O) groups excluding carboxylic acids is 10. The van der Waals surface area contributed by atoms with Crippen LogP contribution in [-0.2, 0) is 75.5 Å². The molecule has 3 aromatic carbocycles. The molecule has 4 atom stereocenters. The van der Waals surface area contributed by atoms with Gasteiger partial charge in [0.25, 0.3) is 0 Å². The number of Topliss-reactive ketones (excluding diaryl/α,β-unsaturated/α-hetero) is 8. The van der Waals surface area contributed by atoms with E-state index in [1.807, 2.05) is 52.5 Å². The molecule has 0 bridgehead atoms. The van der Waals surface area contributed by atoms with Gasteiger partial charge in [-0.25, -0.2) is 14.4 Å². The third-order valence-electron chi connectivity index (χ3n) is 17.1. The number of rotatable bonds is 29. The standard InChI is InChI=1S/C16H21NO4.C16H19NO4.C13H18NO6P.C10H17NO5.C9H15NO5.C5H13N3.C5H8O2.C3H8/c2*18-11-15(20)16(13-6-8-21-9-7-13)17-10-14(19)12-4-2-1-3-5-12;1-19-21(18,20-2)13(12(17)9-15)14-8-11(16)10-6-4-3-5-7-10;1-15-10(14)11-9(8(13)6-12)7-2-4-16-5-3-7;1-14-9(13)10-7(8(11)12)6-2-4-15-5-3-6;1-7(2)5(6)8(3)4;6-5-1-3-7-4-2-5;1-3-2/h1-5,13,16-18H,6-11H2;1-5,17-18H,6-11H2;3-7,13-15H,8-9H2,1-2H3;7,9,12H,2-6H2,1H3,(H,11,14);6-7H,2-5H2,1H3,(H,10,13)(H,11,12);6H,1-4H3;1-4H2;3H2,1-2H3/t16-;;;9-;7-;;;/m0..00.../s1. The number of nitrogens with zero attached hydrogens (tertiary/aromatic N) is 2. The highest BCUT2D eigenvalue weighted by molar-refractivity contribution is 7.55. The van der Waals surface area contributed by atoms with E-state index in [2.05, 4.69) is 49.9 Å². The average Bonchev–Trinajstić information content (AvgIpc) is 0.876. The molecule has 8 rings (SSSR count). The number of benzene rings is 3. The van der Waals surface area contributed by atoms with Crippen molar-refractivity contribution in [3.63, 3.8) is 0 Å². The van der Waals surface area contributed by atoms with Crippen LogP contribution >= 0.6 is 7.60 Å². The van der Waals surface area contributed by atoms with Gasteiger partial charge < -0.3 is 93.5 Å². The topological polar surface area (TPSA) is 480 Å². The highest BCUT2D eigenvalue weighted by Crippen LogP contribution is 2.50. The monoisotopic (exact) mass is 1600 g/mol. The van der Waals surface area contributed by atoms with Gasteiger partial charge in [0.2, 0.25) is 5.78 Å². The van der Waals surface area contributed by atoms with E-state index >= 15 is 0 Å². The average molecular weight is 1600 g/mol. The number of ether oxygens (including phenoxy) is 7. The number of guanidine groups is 1. The van der Waals surface area contributed by atoms with Crippen LogP contribution in [0.5, 0.6) is 0 Å². The third-order valence-corrected chi connectivity index (χ3v) is 19.2. The highest BCUT2D eigenvalue weighted by Gasteiger charge is 2.40. The largest absolute Gasteiger partial charge is 0.480 e. The van der Waals surface area contributed by atoms with Crippen LogP contribution in [0.25, 0.3) is 0 Å². The number of carboxylic acids is 1. The molecule has 0 aliphatic carbocycles. The first-order chi connectivity index (χ1) is 53.6. The maximum atomic E-state index is 12.3. The summed E-state index contributed by atoms with van der Waals surface area (Å²) in [6.45, 7) is 7.52. The van der Waals surface area contributed by atoms with Gasteiger partial charge in [-0.1, -0.05) is 111 Å². The Morgan fingerprint density at radius 2 is 0.812 bits per heavy atom. The third kappa shape index (κ3) is 40.8. The summed E-state index contributed by atoms with van der Waals surface area (Å²) in [5, 5.41) is 65.4. The van der Waals surface area contributed by atoms with Crippen molar-refractivity contribution in [3.05, 3.63) is 119 Å². The minimum Gasteiger partial charge on any atom is -0.480 e. The zero-order valence-electron chi connectivity index (χ0n) is 66.2. The summed E-state index contributed by atoms with van der Waals surface area (Å²) < 4.78 is 56.3. The van der Waals surface area contributed by atoms with E-state index in [0.717, 1.165) is 32.6 Å². The molecule has 5 saturated heterocycles. The number of aliphatic carboxylic acids is 1. The first-order valence-corrected chi connectivity index (χ1v) is 38.4. The zero-order valence-corrected chi connectivity index (χ0v) is 67.0. The van der Waals surface area contributed by atoms with Crippen molar-refractivity contribution in [3.8, 4) is 0 Å². The van der Waals surface area contributed by atoms with Crippen molar-refractivity contribution in [2.45, 2.75) is 108 Å². The molecule has 3 aromatic rings. The van der Waals surface area contributed by atoms with Gasteiger partial charge >= 0.3 is 25.8 Å². The Morgan fingerprint density at radius 3 is 1.13 bits per heavy atom. The van der Waals surface area contributed by atoms with Gasteiger partial charge in [-0.15, -0.1) is 0 Å². The molecule has 0 spiro atoms. The number of ketones is 8. The second-order valence-corrected chi connectivity index (χ2v) is 28.0. The van der Waals surface area contributed by atoms with E-state index in [1.54, 1.807) is 76.5 Å². The van der Waals surface area contributed by atoms with Crippen LogP contribution in [0.1, 0.15) is 116 Å². The van der Waals surface area contributed by atoms with Crippen molar-refractivity contribution in [2.24, 2.45) is 17.8 Å². The number of hydrogen-bond acceptors (Lipinski definition) is 29. The molecule has 5 heterocycles. The Hall–Kier alpha value is -8.45. The molecular formula is C77H119N8O26P. The van der Waals surface area contributed by atoms with E-state index in [1.165, 1.54) is 20.6 Å². The lowest BCUT2D eigenvalue weighted by Gasteiger charge is -2.29. The van der Waals surface area contributed by atoms with Crippen LogP contribution in [0, 0.1) is 23.2 Å². The maximum absolute atomic E-state index is 12.3. The number of carbonyl (C=O) groups is 11. The van der Waals surface area contributed by atoms with Gasteiger partial charge in [0, 0.05) is 112 Å². The van der Waals surface area contributed by atoms with Crippen molar-refractivity contribution in [1.82, 2.24) is 36.4 Å². The summed E-state index contributed by atoms with van der Waals surface area (Å²) in [5.41, 5.74) is 2.95. The van der Waals surface area contributed by atoms with Crippen LogP contribution in [0.4, 0.5) is 9.59 Å². The van der Waals surface area contributed by atoms with E-state index in [9.17, 15) is 57.3 Å². The predicted octanol–water partition coefficient (Wildman–Crippen LogP) is 4.48. The molecule has 11 N–H and O–H groups in total. The molecular weight excluding hydrogens is 1480 g/mol. The van der Waals surface area contributed by atoms with Crippen molar-refractivity contribution < 1.29 is 125 Å². The quantitative estimate of drug-likeness (QED) is 0.0150. The fraction of sp³-hybridized carbons (Fsp3) is 0.584. The summed E-state index contributed by atoms with van der Waals surface area (Å²) in [6.07, 6.45) is 6.63. The van der Waals surface area contributed by atoms with Crippen molar-refractivity contribution in [1.29, 1.82) is 5.41 Å². The second-order valence-electron chi connectivity index (χ2n) is 25.7. The SMILES string of the molecule is CCC.CN(C)C(=N)N(C)C.COC(=O)N[C@H](C(=O)CO)C1CCOCC1.COC(=O)N[C@H](C(=O)O)C1CCOCC1.COP(=O)(OC)C(NCC(=O)c1ccccc1)C(=O)CO.O=C(CN[C@H](C(=O)CO)C1CCOCC1)c1ccccc1.O=C(CO)C(NCC(=O)c1ccccc1)=C1CCOCC1.O=C1CCOCC1. The molecule has 628 valence electrons. The second kappa shape index (κ2) is 60.2. The number of nitrogens with one attached hydrogen (secondary N) is 6. The predicted molar refractivity (Wildman–Crippen MR) is 414 cm³/mol. The lowest BCUT2D eigenvalue weighted by molar-refractivity contribution is -0.142. The minimum absolute atomic E-state index is 0.00694. The van der Waals surface area contributed by atoms with Crippen LogP contribution < -0.4 is 26.6 Å². The first-order valence-electron chi connectivity index (χ1n) is 36.8. The molecule has 35 heteroatoms. The Balaban J connectivity index is 0.000000665. The van der Waals surface area contributed by atoms with E-state index in [4.69, 9.17) is 63.7 Å². The summed E-state index contributed by atoms with van der Waals surface area (Å²) in [4.78, 5) is 130. The number of amides is 2. The number of carboxylic acid groups (broad SMARTS) is 1. The molecule has 2 amide bonds. The van der Waals surface area contributed by atoms with Crippen LogP contribution in [0.3, 0.4) is 0 Å². The fourth-order valence-electron chi connectivity index (χ4n) is 11.0. The molecule has 0 radical (unpaired) electrons. The lowest BCUT2D eigenvalue weighted by Crippen LogP contribution is -2.48. The van der Waals surface area contributed by atoms with Crippen LogP contribution in [0.2, 0.25) is 0 Å². The number of aliphatic hydroxyl groups is 4. The summed E-state index contributed by atoms with van der Waals surface area (Å²) in [6, 6.07) is 24.3. The van der Waals surface area contributed by atoms with Gasteiger partial charge in [-0.3, -0.25) is 59.0 Å². The molecule has 0 aromatic heterocycles. The van der Waals surface area contributed by atoms with Gasteiger partial charge in [0.1, 0.15) is 38.3 Å². The zero-order chi connectivity index (χ0) is 83.8. The van der Waals surface area contributed by atoms with Crippen molar-refractivity contribution >= 4 is 78.0 Å². The molecule has 0 saturated carbocycles. The smallest absolute Gasteiger partial charge is 0.407 e. The van der Waals surface area contributed by atoms with Gasteiger partial charge in [-0.2, -0.15) is 0 Å². The number of aliphatic hydroxyl groups excluding tert-OH is 4. The Kier molecular flexibility index (Phi) is 54.6. The van der Waals surface area contributed by atoms with Crippen LogP contribution in [0.15, 0.2) is 102 Å². The minimum atomic E-state index is -3.78. The van der Waals surface area contributed by atoms with Gasteiger partial charge in [-0.05, 0) is 74.7 Å². The Labute approximate surface area is 656 Å². The maximum Gasteiger partial charge on any atom is 0.407 e. The van der Waals surface area contributed by atoms with Crippen molar-refractivity contribution in [2.75, 3.05) is 169 Å². The van der Waals surface area contributed by atoms with Crippen LogP contribution in [-0.4, -0.2) is 298 Å². The lowest BCUT2D eigenvalue weighted by atomic mass is 9.89. The molecule has 5 aliphatic heterocycles. The van der Waals surface area contributed by atoms with Gasteiger partial charge in [0.15, 0.2) is 46.4 Å². The van der Waals surface area contributed by atoms with Gasteiger partial charge in [0.05, 0.1) is 78.1 Å².